The lowest BCUT2D eigenvalue weighted by molar-refractivity contribution is 0.258. The quantitative estimate of drug-likeness (QED) is 0.508. The molecule has 0 aliphatic heterocycles. The van der Waals surface area contributed by atoms with E-state index < -0.39 is 10.0 Å². The second-order valence-corrected chi connectivity index (χ2v) is 6.29. The van der Waals surface area contributed by atoms with Gasteiger partial charge in [-0.1, -0.05) is 12.1 Å². The number of hydrogen-bond acceptors (Lipinski definition) is 5. The van der Waals surface area contributed by atoms with E-state index in [2.05, 4.69) is 5.43 Å². The second kappa shape index (κ2) is 6.85. The summed E-state index contributed by atoms with van der Waals surface area (Å²) in [5, 5.41) is 8.88. The Morgan fingerprint density at radius 2 is 2.00 bits per heavy atom. The first-order chi connectivity index (χ1) is 8.95. The van der Waals surface area contributed by atoms with Gasteiger partial charge in [0.25, 0.3) is 0 Å². The molecule has 6 nitrogen and oxygen atoms in total. The van der Waals surface area contributed by atoms with Gasteiger partial charge in [-0.25, -0.2) is 8.42 Å². The predicted molar refractivity (Wildman–Crippen MR) is 75.0 cm³/mol. The lowest BCUT2D eigenvalue weighted by atomic mass is 10.3. The van der Waals surface area contributed by atoms with E-state index >= 15 is 0 Å². The largest absolute Gasteiger partial charge is 0.396 e. The monoisotopic (exact) mass is 287 g/mol. The molecule has 1 aromatic carbocycles. The van der Waals surface area contributed by atoms with Crippen LogP contribution in [-0.2, 0) is 10.0 Å². The van der Waals surface area contributed by atoms with Crippen LogP contribution >= 0.6 is 0 Å². The number of para-hydroxylation sites is 1. The summed E-state index contributed by atoms with van der Waals surface area (Å²) in [6.45, 7) is 3.83. The molecule has 0 fully saturated rings. The number of nitrogens with zero attached hydrogens (tertiary/aromatic N) is 1. The first-order valence-electron chi connectivity index (χ1n) is 6.13. The number of anilines is 1. The lowest BCUT2D eigenvalue weighted by Crippen LogP contribution is -2.38. The Kier molecular flexibility index (Phi) is 5.74. The molecule has 0 unspecified atom stereocenters. The van der Waals surface area contributed by atoms with Gasteiger partial charge in [0.1, 0.15) is 4.90 Å². The molecule has 0 saturated heterocycles. The molecule has 0 atom stereocenters. The molecule has 0 amide bonds. The fourth-order valence-corrected chi connectivity index (χ4v) is 3.65. The average molecular weight is 287 g/mol. The van der Waals surface area contributed by atoms with E-state index in [1.807, 2.05) is 0 Å². The summed E-state index contributed by atoms with van der Waals surface area (Å²) < 4.78 is 26.6. The maximum Gasteiger partial charge on any atom is 0.245 e. The minimum absolute atomic E-state index is 0.0461. The number of sulfonamides is 1. The van der Waals surface area contributed by atoms with Crippen molar-refractivity contribution in [3.05, 3.63) is 24.3 Å². The zero-order valence-electron chi connectivity index (χ0n) is 11.2. The van der Waals surface area contributed by atoms with Crippen molar-refractivity contribution < 1.29 is 13.5 Å². The average Bonchev–Trinajstić information content (AvgIpc) is 2.38. The molecule has 0 aliphatic rings. The van der Waals surface area contributed by atoms with Crippen LogP contribution in [0.25, 0.3) is 0 Å². The van der Waals surface area contributed by atoms with Gasteiger partial charge in [0.15, 0.2) is 0 Å². The predicted octanol–water partition coefficient (Wildman–Crippen LogP) is 0.754. The van der Waals surface area contributed by atoms with Crippen molar-refractivity contribution >= 4 is 15.7 Å². The van der Waals surface area contributed by atoms with E-state index in [-0.39, 0.29) is 24.1 Å². The molecule has 0 radical (unpaired) electrons. The zero-order chi connectivity index (χ0) is 14.5. The Morgan fingerprint density at radius 3 is 2.53 bits per heavy atom. The van der Waals surface area contributed by atoms with Gasteiger partial charge in [-0.2, -0.15) is 4.31 Å². The highest BCUT2D eigenvalue weighted by Gasteiger charge is 2.28. The third kappa shape index (κ3) is 3.66. The molecule has 0 aromatic heterocycles. The SMILES string of the molecule is CC(C)N(CCCO)S(=O)(=O)c1ccccc1NN. The third-order valence-electron chi connectivity index (χ3n) is 2.74. The van der Waals surface area contributed by atoms with Crippen LogP contribution in [0.15, 0.2) is 29.2 Å². The van der Waals surface area contributed by atoms with Gasteiger partial charge in [-0.05, 0) is 32.4 Å². The Balaban J connectivity index is 3.19. The Morgan fingerprint density at radius 1 is 1.37 bits per heavy atom. The van der Waals surface area contributed by atoms with Gasteiger partial charge < -0.3 is 10.5 Å². The first kappa shape index (κ1) is 15.9. The van der Waals surface area contributed by atoms with Crippen molar-refractivity contribution in [2.45, 2.75) is 31.2 Å². The molecule has 0 heterocycles. The molecule has 108 valence electrons. The van der Waals surface area contributed by atoms with Crippen molar-refractivity contribution in [1.82, 2.24) is 4.31 Å². The van der Waals surface area contributed by atoms with Crippen LogP contribution in [0.3, 0.4) is 0 Å². The van der Waals surface area contributed by atoms with Crippen LogP contribution in [0, 0.1) is 0 Å². The molecule has 0 bridgehead atoms. The third-order valence-corrected chi connectivity index (χ3v) is 4.88. The van der Waals surface area contributed by atoms with E-state index in [0.717, 1.165) is 0 Å². The molecule has 19 heavy (non-hydrogen) atoms. The highest BCUT2D eigenvalue weighted by atomic mass is 32.2. The Hall–Kier alpha value is -1.15. The maximum atomic E-state index is 12.6. The summed E-state index contributed by atoms with van der Waals surface area (Å²) in [5.41, 5.74) is 2.75. The van der Waals surface area contributed by atoms with E-state index in [1.54, 1.807) is 32.0 Å². The van der Waals surface area contributed by atoms with E-state index in [9.17, 15) is 8.42 Å². The molecule has 7 heteroatoms. The lowest BCUT2D eigenvalue weighted by Gasteiger charge is -2.26. The smallest absolute Gasteiger partial charge is 0.245 e. The molecule has 1 rings (SSSR count). The molecule has 0 aliphatic carbocycles. The molecule has 0 saturated carbocycles. The van der Waals surface area contributed by atoms with Gasteiger partial charge >= 0.3 is 0 Å². The van der Waals surface area contributed by atoms with Crippen molar-refractivity contribution in [3.63, 3.8) is 0 Å². The van der Waals surface area contributed by atoms with E-state index in [1.165, 1.54) is 10.4 Å². The standard InChI is InChI=1S/C12H21N3O3S/c1-10(2)15(8-5-9-16)19(17,18)12-7-4-3-6-11(12)14-13/h3-4,6-7,10,14,16H,5,8-9,13H2,1-2H3. The van der Waals surface area contributed by atoms with Gasteiger partial charge in [-0.15, -0.1) is 0 Å². The first-order valence-corrected chi connectivity index (χ1v) is 7.57. The van der Waals surface area contributed by atoms with Crippen LogP contribution < -0.4 is 11.3 Å². The number of nitrogens with two attached hydrogens (primary N) is 1. The summed E-state index contributed by atoms with van der Waals surface area (Å²) in [6, 6.07) is 6.29. The van der Waals surface area contributed by atoms with Crippen LogP contribution in [0.5, 0.6) is 0 Å². The number of nitrogen functional groups attached to an aromatic ring is 1. The second-order valence-electron chi connectivity index (χ2n) is 4.43. The van der Waals surface area contributed by atoms with Crippen LogP contribution in [0.1, 0.15) is 20.3 Å². The number of rotatable bonds is 7. The van der Waals surface area contributed by atoms with Crippen molar-refractivity contribution in [3.8, 4) is 0 Å². The minimum Gasteiger partial charge on any atom is -0.396 e. The minimum atomic E-state index is -3.64. The molecular formula is C12H21N3O3S. The number of aliphatic hydroxyl groups is 1. The van der Waals surface area contributed by atoms with Crippen molar-refractivity contribution in [1.29, 1.82) is 0 Å². The van der Waals surface area contributed by atoms with Gasteiger partial charge in [-0.3, -0.25) is 5.84 Å². The van der Waals surface area contributed by atoms with E-state index in [0.29, 0.717) is 12.1 Å². The Labute approximate surface area is 114 Å². The van der Waals surface area contributed by atoms with Crippen molar-refractivity contribution in [2.75, 3.05) is 18.6 Å². The highest BCUT2D eigenvalue weighted by Crippen LogP contribution is 2.25. The van der Waals surface area contributed by atoms with E-state index in [4.69, 9.17) is 10.9 Å². The molecular weight excluding hydrogens is 266 g/mol. The van der Waals surface area contributed by atoms with Crippen LogP contribution in [0.4, 0.5) is 5.69 Å². The number of nitrogens with one attached hydrogen (secondary N) is 1. The number of aliphatic hydroxyl groups excluding tert-OH is 1. The molecule has 0 spiro atoms. The van der Waals surface area contributed by atoms with Gasteiger partial charge in [0.2, 0.25) is 10.0 Å². The summed E-state index contributed by atoms with van der Waals surface area (Å²) in [7, 11) is -3.64. The zero-order valence-corrected chi connectivity index (χ0v) is 12.0. The van der Waals surface area contributed by atoms with Crippen LogP contribution in [0.2, 0.25) is 0 Å². The summed E-state index contributed by atoms with van der Waals surface area (Å²) >= 11 is 0. The normalized spacial score (nSPS) is 12.1. The molecule has 4 N–H and O–H groups in total. The highest BCUT2D eigenvalue weighted by molar-refractivity contribution is 7.89. The summed E-state index contributed by atoms with van der Waals surface area (Å²) in [5.74, 6) is 5.35. The number of hydrazine groups is 1. The maximum absolute atomic E-state index is 12.6. The fraction of sp³-hybridized carbons (Fsp3) is 0.500. The number of benzene rings is 1. The summed E-state index contributed by atoms with van der Waals surface area (Å²) in [4.78, 5) is 0.143. The van der Waals surface area contributed by atoms with Gasteiger partial charge in [0, 0.05) is 19.2 Å². The number of hydrogen-bond donors (Lipinski definition) is 3. The molecule has 1 aromatic rings. The van der Waals surface area contributed by atoms with Crippen molar-refractivity contribution in [2.24, 2.45) is 5.84 Å². The topological polar surface area (TPSA) is 95.7 Å². The van der Waals surface area contributed by atoms with Crippen LogP contribution in [-0.4, -0.2) is 37.0 Å². The Bertz CT molecular complexity index is 503. The van der Waals surface area contributed by atoms with Gasteiger partial charge in [0.05, 0.1) is 5.69 Å². The fourth-order valence-electron chi connectivity index (χ4n) is 1.82. The summed E-state index contributed by atoms with van der Waals surface area (Å²) in [6.07, 6.45) is 0.398.